The molecule has 4 amide bonds. The summed E-state index contributed by atoms with van der Waals surface area (Å²) in [4.78, 5) is 81.9. The zero-order valence-electron chi connectivity index (χ0n) is 36.6. The first-order valence-electron chi connectivity index (χ1n) is 22.1. The van der Waals surface area contributed by atoms with Crippen molar-refractivity contribution in [2.45, 2.75) is 167 Å². The van der Waals surface area contributed by atoms with Crippen molar-refractivity contribution in [3.8, 4) is 22.6 Å². The van der Waals surface area contributed by atoms with Gasteiger partial charge in [0.1, 0.15) is 23.6 Å². The van der Waals surface area contributed by atoms with Crippen LogP contribution in [0.2, 0.25) is 0 Å². The van der Waals surface area contributed by atoms with Crippen LogP contribution in [0.3, 0.4) is 0 Å². The molecule has 332 valence electrons. The summed E-state index contributed by atoms with van der Waals surface area (Å²) in [6.45, 7) is 4.89. The molecule has 13 nitrogen and oxygen atoms in total. The molecule has 1 heterocycles. The lowest BCUT2D eigenvalue weighted by molar-refractivity contribution is -0.141. The average molecular weight is 835 g/mol. The molecule has 2 aromatic carbocycles. The number of benzene rings is 2. The molecule has 0 aromatic heterocycles. The summed E-state index contributed by atoms with van der Waals surface area (Å²) in [5.74, 6) is -2.99. The van der Waals surface area contributed by atoms with E-state index in [2.05, 4.69) is 17.6 Å². The van der Waals surface area contributed by atoms with Gasteiger partial charge in [-0.2, -0.15) is 0 Å². The van der Waals surface area contributed by atoms with Gasteiger partial charge in [-0.1, -0.05) is 96.1 Å². The third kappa shape index (κ3) is 15.7. The Hall–Kier alpha value is -4.78. The van der Waals surface area contributed by atoms with E-state index in [0.29, 0.717) is 24.0 Å². The summed E-state index contributed by atoms with van der Waals surface area (Å²) >= 11 is 0. The van der Waals surface area contributed by atoms with Gasteiger partial charge in [-0.15, -0.1) is 0 Å². The number of rotatable bonds is 23. The highest BCUT2D eigenvalue weighted by Gasteiger charge is 2.32. The number of fused-ring (bicyclic) bond motifs is 5. The maximum atomic E-state index is 13.8. The topological polar surface area (TPSA) is 194 Å². The number of phenols is 2. The van der Waals surface area contributed by atoms with Crippen molar-refractivity contribution in [1.29, 1.82) is 0 Å². The fourth-order valence-electron chi connectivity index (χ4n) is 7.80. The Balaban J connectivity index is 1.54. The van der Waals surface area contributed by atoms with Crippen LogP contribution in [0.4, 0.5) is 0 Å². The third-order valence-electron chi connectivity index (χ3n) is 11.6. The quantitative estimate of drug-likeness (QED) is 0.0747. The van der Waals surface area contributed by atoms with Crippen LogP contribution in [0.1, 0.15) is 154 Å². The number of Topliss-reactive ketones (excluding diaryl/α,β-unsaturated/α-hetero) is 2. The summed E-state index contributed by atoms with van der Waals surface area (Å²) < 4.78 is 0. The van der Waals surface area contributed by atoms with Crippen LogP contribution in [0.15, 0.2) is 36.4 Å². The zero-order valence-corrected chi connectivity index (χ0v) is 36.6. The van der Waals surface area contributed by atoms with E-state index in [0.717, 1.165) is 24.8 Å². The van der Waals surface area contributed by atoms with Crippen molar-refractivity contribution >= 4 is 35.2 Å². The predicted molar refractivity (Wildman–Crippen MR) is 232 cm³/mol. The molecule has 0 unspecified atom stereocenters. The Morgan fingerprint density at radius 2 is 1.33 bits per heavy atom. The lowest BCUT2D eigenvalue weighted by Gasteiger charge is -2.29. The molecule has 2 aromatic rings. The number of ketones is 2. The van der Waals surface area contributed by atoms with Gasteiger partial charge in [-0.05, 0) is 62.1 Å². The number of carbonyl (C=O) groups is 6. The van der Waals surface area contributed by atoms with Gasteiger partial charge in [0.15, 0.2) is 11.6 Å². The average Bonchev–Trinajstić information content (AvgIpc) is 3.21. The molecule has 0 saturated carbocycles. The normalized spacial score (nSPS) is 16.6. The maximum Gasteiger partial charge on any atom is 0.245 e. The predicted octanol–water partition coefficient (Wildman–Crippen LogP) is 6.83. The fraction of sp³-hybridized carbons (Fsp3) is 0.617. The monoisotopic (exact) mass is 835 g/mol. The molecular weight excluding hydrogens is 765 g/mol. The van der Waals surface area contributed by atoms with Gasteiger partial charge in [-0.25, -0.2) is 0 Å². The number of nitrogens with one attached hydrogen (secondary N) is 2. The van der Waals surface area contributed by atoms with Crippen molar-refractivity contribution in [2.24, 2.45) is 0 Å². The Morgan fingerprint density at radius 1 is 0.767 bits per heavy atom. The molecule has 3 rings (SSSR count). The Labute approximate surface area is 356 Å². The highest BCUT2D eigenvalue weighted by atomic mass is 16.3. The van der Waals surface area contributed by atoms with E-state index in [1.807, 2.05) is 6.92 Å². The van der Waals surface area contributed by atoms with Crippen LogP contribution < -0.4 is 10.6 Å². The van der Waals surface area contributed by atoms with Gasteiger partial charge in [0.25, 0.3) is 0 Å². The standard InChI is InChI=1S/C47H70N4O9/c1-6-7-8-9-10-11-12-13-14-15-16-17-18-19-44(58)50(4)38(31-52)47(60)49-33(3)39(53)25-27-45(59)51(5)46-35-21-23-41(55)37(30-35)36-29-34(20-22-40(36)54)28-32(2)48-43(57)26-24-42(46)56/h20-23,29-30,32-33,38,46,52,54-55H,6-19,24-28,31H2,1-5H3,(H,48,57)(H,49,60)/t32-,33-,38-,46+/m1/s1. The van der Waals surface area contributed by atoms with Gasteiger partial charge in [0.05, 0.1) is 12.6 Å². The van der Waals surface area contributed by atoms with Crippen molar-refractivity contribution in [1.82, 2.24) is 20.4 Å². The van der Waals surface area contributed by atoms with Crippen molar-refractivity contribution in [3.63, 3.8) is 0 Å². The van der Waals surface area contributed by atoms with Crippen LogP contribution in [0.5, 0.6) is 11.5 Å². The molecule has 0 radical (unpaired) electrons. The lowest BCUT2D eigenvalue weighted by atomic mass is 9.92. The van der Waals surface area contributed by atoms with Crippen LogP contribution in [0.25, 0.3) is 11.1 Å². The van der Waals surface area contributed by atoms with Gasteiger partial charge >= 0.3 is 0 Å². The van der Waals surface area contributed by atoms with Crippen LogP contribution >= 0.6 is 0 Å². The largest absolute Gasteiger partial charge is 0.507 e. The Bertz CT molecular complexity index is 1750. The van der Waals surface area contributed by atoms with Gasteiger partial charge < -0.3 is 35.8 Å². The van der Waals surface area contributed by atoms with E-state index < -0.39 is 48.1 Å². The molecule has 0 saturated heterocycles. The third-order valence-corrected chi connectivity index (χ3v) is 11.6. The molecule has 5 N–H and O–H groups in total. The van der Waals surface area contributed by atoms with E-state index in [-0.39, 0.29) is 67.0 Å². The number of aromatic hydroxyl groups is 2. The van der Waals surface area contributed by atoms with E-state index in [1.54, 1.807) is 12.1 Å². The van der Waals surface area contributed by atoms with Crippen molar-refractivity contribution in [2.75, 3.05) is 20.7 Å². The second-order valence-electron chi connectivity index (χ2n) is 16.6. The number of hydrogen-bond acceptors (Lipinski definition) is 9. The Morgan fingerprint density at radius 3 is 1.93 bits per heavy atom. The summed E-state index contributed by atoms with van der Waals surface area (Å²) in [5, 5.41) is 37.1. The fourth-order valence-corrected chi connectivity index (χ4v) is 7.80. The number of hydrogen-bond donors (Lipinski definition) is 5. The first-order chi connectivity index (χ1) is 28.7. The van der Waals surface area contributed by atoms with E-state index in [1.165, 1.54) is 113 Å². The van der Waals surface area contributed by atoms with E-state index in [4.69, 9.17) is 0 Å². The van der Waals surface area contributed by atoms with Gasteiger partial charge in [0.2, 0.25) is 23.6 Å². The number of amides is 4. The zero-order chi connectivity index (χ0) is 44.2. The molecule has 13 heteroatoms. The van der Waals surface area contributed by atoms with Gasteiger partial charge in [0, 0.05) is 63.4 Å². The van der Waals surface area contributed by atoms with E-state index >= 15 is 0 Å². The number of carbonyl (C=O) groups excluding carboxylic acids is 6. The van der Waals surface area contributed by atoms with E-state index in [9.17, 15) is 44.1 Å². The summed E-state index contributed by atoms with van der Waals surface area (Å²) in [6, 6.07) is 5.68. The Kier molecular flexibility index (Phi) is 21.3. The molecule has 0 spiro atoms. The van der Waals surface area contributed by atoms with Crippen molar-refractivity contribution < 1.29 is 44.1 Å². The molecule has 4 bridgehead atoms. The molecule has 60 heavy (non-hydrogen) atoms. The molecule has 1 aliphatic heterocycles. The highest BCUT2D eigenvalue weighted by Crippen LogP contribution is 2.39. The summed E-state index contributed by atoms with van der Waals surface area (Å²) in [6.07, 6.45) is 15.2. The summed E-state index contributed by atoms with van der Waals surface area (Å²) in [7, 11) is 2.88. The smallest absolute Gasteiger partial charge is 0.245 e. The minimum Gasteiger partial charge on any atom is -0.507 e. The number of nitrogens with zero attached hydrogens (tertiary/aromatic N) is 2. The number of aliphatic hydroxyl groups is 1. The van der Waals surface area contributed by atoms with Gasteiger partial charge in [-0.3, -0.25) is 28.8 Å². The number of likely N-dealkylation sites (N-methyl/N-ethyl adjacent to an activating group) is 2. The first-order valence-corrected chi connectivity index (χ1v) is 22.1. The van der Waals surface area contributed by atoms with Crippen LogP contribution in [-0.2, 0) is 35.2 Å². The van der Waals surface area contributed by atoms with Crippen molar-refractivity contribution in [3.05, 3.63) is 47.5 Å². The molecule has 4 atom stereocenters. The second kappa shape index (κ2) is 25.8. The minimum atomic E-state index is -1.19. The minimum absolute atomic E-state index is 0.101. The second-order valence-corrected chi connectivity index (χ2v) is 16.6. The lowest BCUT2D eigenvalue weighted by Crippen LogP contribution is -2.53. The SMILES string of the molecule is CCCCCCCCCCCCCCCC(=O)N(C)[C@H](CO)C(=O)N[C@H](C)C(=O)CCC(=O)N(C)[C@@H]1C(=O)CCC(=O)N[C@H](C)Cc2ccc(O)c(c2)-c2cc1ccc2O. The molecule has 1 aliphatic rings. The molecule has 0 aliphatic carbocycles. The number of unbranched alkanes of at least 4 members (excludes halogenated alkanes) is 12. The number of aliphatic hydroxyl groups excluding tert-OH is 1. The highest BCUT2D eigenvalue weighted by molar-refractivity contribution is 5.96. The maximum absolute atomic E-state index is 13.8. The van der Waals surface area contributed by atoms with Crippen LogP contribution in [0, 0.1) is 0 Å². The number of phenolic OH excluding ortho intramolecular Hbond substituents is 2. The van der Waals surface area contributed by atoms with Crippen LogP contribution in [-0.4, -0.2) is 99.1 Å². The summed E-state index contributed by atoms with van der Waals surface area (Å²) in [5.41, 5.74) is 1.72. The first kappa shape index (κ1) is 49.6. The molecular formula is C47H70N4O9. The molecule has 0 fully saturated rings.